The second-order valence-electron chi connectivity index (χ2n) is 8.34. The number of fused-ring (bicyclic) bond motifs is 1. The van der Waals surface area contributed by atoms with E-state index in [9.17, 15) is 13.2 Å². The van der Waals surface area contributed by atoms with E-state index in [0.717, 1.165) is 73.4 Å². The molecule has 2 aromatic carbocycles. The third-order valence-electron chi connectivity index (χ3n) is 6.04. The summed E-state index contributed by atoms with van der Waals surface area (Å²) in [4.78, 5) is 2.37. The smallest absolute Gasteiger partial charge is 0.406 e. The number of ether oxygens (including phenoxy) is 2. The molecule has 2 N–H and O–H groups in total. The van der Waals surface area contributed by atoms with Gasteiger partial charge in [0.1, 0.15) is 5.75 Å². The van der Waals surface area contributed by atoms with Crippen LogP contribution in [0.4, 0.5) is 13.2 Å². The molecule has 0 amide bonds. The average molecular weight is 462 g/mol. The fourth-order valence-electron chi connectivity index (χ4n) is 4.44. The van der Waals surface area contributed by atoms with Crippen LogP contribution in [-0.4, -0.2) is 48.7 Å². The standard InChI is InChI=1S/C25H30F3N3O2/c1-2-19-15-20(33-25(26,27)28)5-6-21(19)23-17-31(9-3-8-29)24-7-4-18(14-22(23)24)16-30-10-12-32-13-11-30/h4-7,14-15,17H,2-3,8-13,16,29H2,1H3. The largest absolute Gasteiger partial charge is 0.573 e. The number of nitrogens with two attached hydrogens (primary N) is 1. The normalized spacial score (nSPS) is 15.3. The highest BCUT2D eigenvalue weighted by Crippen LogP contribution is 2.36. The van der Waals surface area contributed by atoms with E-state index in [0.29, 0.717) is 13.0 Å². The lowest BCUT2D eigenvalue weighted by atomic mass is 9.96. The molecular formula is C25H30F3N3O2. The van der Waals surface area contributed by atoms with E-state index in [4.69, 9.17) is 10.5 Å². The highest BCUT2D eigenvalue weighted by atomic mass is 19.4. The van der Waals surface area contributed by atoms with Gasteiger partial charge in [0.2, 0.25) is 0 Å². The van der Waals surface area contributed by atoms with Crippen molar-refractivity contribution in [3.8, 4) is 16.9 Å². The topological polar surface area (TPSA) is 52.7 Å². The fraction of sp³-hybridized carbons (Fsp3) is 0.440. The Morgan fingerprint density at radius 1 is 1.06 bits per heavy atom. The molecule has 178 valence electrons. The van der Waals surface area contributed by atoms with Gasteiger partial charge in [0.05, 0.1) is 13.2 Å². The number of aryl methyl sites for hydroxylation is 2. The Morgan fingerprint density at radius 2 is 1.85 bits per heavy atom. The van der Waals surface area contributed by atoms with E-state index in [1.54, 1.807) is 6.07 Å². The predicted molar refractivity (Wildman–Crippen MR) is 123 cm³/mol. The van der Waals surface area contributed by atoms with Gasteiger partial charge in [0.25, 0.3) is 0 Å². The predicted octanol–water partition coefficient (Wildman–Crippen LogP) is 4.95. The van der Waals surface area contributed by atoms with E-state index >= 15 is 0 Å². The maximum absolute atomic E-state index is 12.7. The summed E-state index contributed by atoms with van der Waals surface area (Å²) in [5.41, 5.74) is 10.8. The minimum Gasteiger partial charge on any atom is -0.406 e. The molecule has 2 heterocycles. The van der Waals surface area contributed by atoms with Gasteiger partial charge < -0.3 is 19.8 Å². The number of alkyl halides is 3. The van der Waals surface area contributed by atoms with Crippen LogP contribution in [0.15, 0.2) is 42.6 Å². The molecule has 0 unspecified atom stereocenters. The number of rotatable bonds is 8. The summed E-state index contributed by atoms with van der Waals surface area (Å²) >= 11 is 0. The fourth-order valence-corrected chi connectivity index (χ4v) is 4.44. The molecule has 3 aromatic rings. The first-order valence-electron chi connectivity index (χ1n) is 11.4. The molecule has 1 saturated heterocycles. The Bertz CT molecular complexity index is 1090. The molecule has 33 heavy (non-hydrogen) atoms. The van der Waals surface area contributed by atoms with Gasteiger partial charge in [-0.3, -0.25) is 4.90 Å². The van der Waals surface area contributed by atoms with Crippen LogP contribution in [0, 0.1) is 0 Å². The first-order chi connectivity index (χ1) is 15.9. The van der Waals surface area contributed by atoms with Gasteiger partial charge in [-0.1, -0.05) is 19.1 Å². The van der Waals surface area contributed by atoms with Crippen molar-refractivity contribution in [2.75, 3.05) is 32.8 Å². The van der Waals surface area contributed by atoms with Crippen LogP contribution in [0.1, 0.15) is 24.5 Å². The lowest BCUT2D eigenvalue weighted by Gasteiger charge is -2.26. The van der Waals surface area contributed by atoms with E-state index < -0.39 is 6.36 Å². The summed E-state index contributed by atoms with van der Waals surface area (Å²) in [6.45, 7) is 7.45. The van der Waals surface area contributed by atoms with Crippen molar-refractivity contribution in [3.05, 3.63) is 53.7 Å². The molecule has 4 rings (SSSR count). The van der Waals surface area contributed by atoms with Crippen LogP contribution in [-0.2, 0) is 24.2 Å². The lowest BCUT2D eigenvalue weighted by molar-refractivity contribution is -0.274. The van der Waals surface area contributed by atoms with Crippen LogP contribution in [0.3, 0.4) is 0 Å². The Balaban J connectivity index is 1.75. The number of hydrogen-bond donors (Lipinski definition) is 1. The zero-order valence-electron chi connectivity index (χ0n) is 18.8. The third-order valence-corrected chi connectivity index (χ3v) is 6.04. The molecule has 8 heteroatoms. The molecule has 0 bridgehead atoms. The lowest BCUT2D eigenvalue weighted by Crippen LogP contribution is -2.35. The summed E-state index contributed by atoms with van der Waals surface area (Å²) in [5.74, 6) is -0.192. The summed E-state index contributed by atoms with van der Waals surface area (Å²) < 4.78 is 50.0. The third kappa shape index (κ3) is 5.69. The van der Waals surface area contributed by atoms with Gasteiger partial charge in [0, 0.05) is 48.8 Å². The summed E-state index contributed by atoms with van der Waals surface area (Å²) in [6, 6.07) is 11.1. The van der Waals surface area contributed by atoms with Crippen LogP contribution in [0.5, 0.6) is 5.75 Å². The number of halogens is 3. The molecule has 1 fully saturated rings. The van der Waals surface area contributed by atoms with Gasteiger partial charge in [0.15, 0.2) is 0 Å². The van der Waals surface area contributed by atoms with Crippen molar-refractivity contribution >= 4 is 10.9 Å². The maximum atomic E-state index is 12.7. The van der Waals surface area contributed by atoms with E-state index in [1.807, 2.05) is 6.92 Å². The zero-order chi connectivity index (χ0) is 23.4. The number of aromatic nitrogens is 1. The second kappa shape index (κ2) is 10.2. The average Bonchev–Trinajstić information content (AvgIpc) is 3.15. The van der Waals surface area contributed by atoms with Crippen molar-refractivity contribution in [1.82, 2.24) is 9.47 Å². The Morgan fingerprint density at radius 3 is 2.55 bits per heavy atom. The molecule has 0 radical (unpaired) electrons. The molecule has 1 aliphatic heterocycles. The first kappa shape index (κ1) is 23.6. The molecule has 1 aromatic heterocycles. The van der Waals surface area contributed by atoms with Gasteiger partial charge in [-0.05, 0) is 60.3 Å². The first-order valence-corrected chi connectivity index (χ1v) is 11.4. The minimum atomic E-state index is -4.71. The molecule has 0 spiro atoms. The van der Waals surface area contributed by atoms with Crippen LogP contribution in [0.25, 0.3) is 22.0 Å². The molecule has 0 aliphatic carbocycles. The van der Waals surface area contributed by atoms with Crippen molar-refractivity contribution in [2.45, 2.75) is 39.2 Å². The summed E-state index contributed by atoms with van der Waals surface area (Å²) in [7, 11) is 0. The van der Waals surface area contributed by atoms with Crippen molar-refractivity contribution in [3.63, 3.8) is 0 Å². The van der Waals surface area contributed by atoms with Gasteiger partial charge in [-0.25, -0.2) is 0 Å². The Kier molecular flexibility index (Phi) is 7.26. The highest BCUT2D eigenvalue weighted by Gasteiger charge is 2.31. The van der Waals surface area contributed by atoms with Crippen LogP contribution < -0.4 is 10.5 Å². The van der Waals surface area contributed by atoms with Crippen molar-refractivity contribution in [1.29, 1.82) is 0 Å². The van der Waals surface area contributed by atoms with Crippen molar-refractivity contribution in [2.24, 2.45) is 5.73 Å². The monoisotopic (exact) mass is 461 g/mol. The summed E-state index contributed by atoms with van der Waals surface area (Å²) in [5, 5.41) is 1.09. The number of nitrogens with zero attached hydrogens (tertiary/aromatic N) is 2. The van der Waals surface area contributed by atoms with E-state index in [-0.39, 0.29) is 5.75 Å². The molecule has 0 saturated carbocycles. The Hall–Kier alpha value is -2.55. The van der Waals surface area contributed by atoms with E-state index in [1.165, 1.54) is 17.7 Å². The van der Waals surface area contributed by atoms with Crippen LogP contribution >= 0.6 is 0 Å². The van der Waals surface area contributed by atoms with Gasteiger partial charge in [-0.15, -0.1) is 13.2 Å². The molecular weight excluding hydrogens is 431 g/mol. The maximum Gasteiger partial charge on any atom is 0.573 e. The second-order valence-corrected chi connectivity index (χ2v) is 8.34. The van der Waals surface area contributed by atoms with Gasteiger partial charge in [-0.2, -0.15) is 0 Å². The van der Waals surface area contributed by atoms with Gasteiger partial charge >= 0.3 is 6.36 Å². The number of morpholine rings is 1. The summed E-state index contributed by atoms with van der Waals surface area (Å²) in [6.07, 6.45) is -1.18. The zero-order valence-corrected chi connectivity index (χ0v) is 18.8. The minimum absolute atomic E-state index is 0.192. The SMILES string of the molecule is CCc1cc(OC(F)(F)F)ccc1-c1cn(CCCN)c2ccc(CN3CCOCC3)cc12. The number of benzene rings is 2. The highest BCUT2D eigenvalue weighted by molar-refractivity contribution is 5.97. The quantitative estimate of drug-likeness (QED) is 0.516. The molecule has 1 aliphatic rings. The van der Waals surface area contributed by atoms with E-state index in [2.05, 4.69) is 38.6 Å². The van der Waals surface area contributed by atoms with Crippen molar-refractivity contribution < 1.29 is 22.6 Å². The molecule has 0 atom stereocenters. The number of hydrogen-bond acceptors (Lipinski definition) is 4. The molecule has 5 nitrogen and oxygen atoms in total. The Labute approximate surface area is 191 Å². The van der Waals surface area contributed by atoms with Crippen LogP contribution in [0.2, 0.25) is 0 Å².